The molecular formula is C12H23NO2S. The molecular weight excluding hydrogens is 222 g/mol. The van der Waals surface area contributed by atoms with Gasteiger partial charge in [-0.05, 0) is 25.0 Å². The largest absolute Gasteiger partial charge is 0.480 e. The number of carboxylic acid groups (broad SMARTS) is 1. The van der Waals surface area contributed by atoms with Crippen LogP contribution in [0.2, 0.25) is 0 Å². The fraction of sp³-hybridized carbons (Fsp3) is 0.917. The topological polar surface area (TPSA) is 49.3 Å². The first kappa shape index (κ1) is 13.8. The molecule has 0 aromatic heterocycles. The Morgan fingerprint density at radius 1 is 1.50 bits per heavy atom. The molecule has 16 heavy (non-hydrogen) atoms. The Kier molecular flexibility index (Phi) is 6.21. The fourth-order valence-corrected chi connectivity index (χ4v) is 3.56. The van der Waals surface area contributed by atoms with Crippen molar-refractivity contribution in [3.63, 3.8) is 0 Å². The van der Waals surface area contributed by atoms with Gasteiger partial charge in [-0.1, -0.05) is 26.7 Å². The number of aliphatic carboxylic acids is 1. The molecule has 0 aliphatic heterocycles. The summed E-state index contributed by atoms with van der Waals surface area (Å²) in [6.45, 7) is 4.20. The fourth-order valence-electron chi connectivity index (χ4n) is 2.36. The second kappa shape index (κ2) is 7.17. The number of carbonyl (C=O) groups is 1. The zero-order valence-corrected chi connectivity index (χ0v) is 11.1. The molecule has 3 nitrogen and oxygen atoms in total. The van der Waals surface area contributed by atoms with Crippen LogP contribution in [0.1, 0.15) is 46.0 Å². The van der Waals surface area contributed by atoms with Crippen LogP contribution in [-0.4, -0.2) is 34.2 Å². The van der Waals surface area contributed by atoms with Gasteiger partial charge in [-0.2, -0.15) is 11.8 Å². The molecule has 0 amide bonds. The van der Waals surface area contributed by atoms with Gasteiger partial charge in [0.2, 0.25) is 0 Å². The van der Waals surface area contributed by atoms with Gasteiger partial charge in [0.05, 0.1) is 0 Å². The van der Waals surface area contributed by atoms with Crippen LogP contribution in [0.25, 0.3) is 0 Å². The third-order valence-corrected chi connectivity index (χ3v) is 4.45. The second-order valence-corrected chi connectivity index (χ2v) is 5.89. The molecule has 3 atom stereocenters. The highest BCUT2D eigenvalue weighted by Crippen LogP contribution is 2.30. The lowest BCUT2D eigenvalue weighted by atomic mass is 10.1. The minimum Gasteiger partial charge on any atom is -0.480 e. The smallest absolute Gasteiger partial charge is 0.320 e. The van der Waals surface area contributed by atoms with E-state index in [0.717, 1.165) is 25.0 Å². The third kappa shape index (κ3) is 3.98. The van der Waals surface area contributed by atoms with Crippen molar-refractivity contribution < 1.29 is 9.90 Å². The summed E-state index contributed by atoms with van der Waals surface area (Å²) in [6, 6.07) is 0.0469. The molecule has 1 aliphatic carbocycles. The van der Waals surface area contributed by atoms with Crippen LogP contribution in [0.4, 0.5) is 0 Å². The molecule has 1 aliphatic rings. The zero-order valence-electron chi connectivity index (χ0n) is 10.2. The number of hydrogen-bond acceptors (Lipinski definition) is 3. The van der Waals surface area contributed by atoms with Gasteiger partial charge in [-0.25, -0.2) is 0 Å². The SMILES string of the molecule is CCCC(NC1CCCC1SCC)C(=O)O. The van der Waals surface area contributed by atoms with Crippen molar-refractivity contribution in [1.82, 2.24) is 5.32 Å². The monoisotopic (exact) mass is 245 g/mol. The van der Waals surface area contributed by atoms with E-state index in [1.165, 1.54) is 12.8 Å². The molecule has 0 aromatic rings. The average Bonchev–Trinajstić information content (AvgIpc) is 2.65. The number of carboxylic acids is 1. The van der Waals surface area contributed by atoms with Gasteiger partial charge in [0.15, 0.2) is 0 Å². The Morgan fingerprint density at radius 2 is 2.25 bits per heavy atom. The molecule has 94 valence electrons. The number of nitrogens with one attached hydrogen (secondary N) is 1. The molecule has 0 radical (unpaired) electrons. The predicted molar refractivity (Wildman–Crippen MR) is 69.0 cm³/mol. The molecule has 0 saturated heterocycles. The summed E-state index contributed by atoms with van der Waals surface area (Å²) >= 11 is 1.96. The van der Waals surface area contributed by atoms with E-state index < -0.39 is 5.97 Å². The molecule has 0 bridgehead atoms. The van der Waals surface area contributed by atoms with E-state index >= 15 is 0 Å². The first-order valence-electron chi connectivity index (χ1n) is 6.29. The average molecular weight is 245 g/mol. The van der Waals surface area contributed by atoms with Crippen LogP contribution in [0.3, 0.4) is 0 Å². The molecule has 0 heterocycles. The molecule has 1 rings (SSSR count). The van der Waals surface area contributed by atoms with E-state index in [4.69, 9.17) is 5.11 Å². The van der Waals surface area contributed by atoms with Crippen LogP contribution in [0.15, 0.2) is 0 Å². The third-order valence-electron chi connectivity index (χ3n) is 3.12. The first-order valence-corrected chi connectivity index (χ1v) is 7.34. The van der Waals surface area contributed by atoms with E-state index in [1.54, 1.807) is 0 Å². The Bertz CT molecular complexity index is 223. The summed E-state index contributed by atoms with van der Waals surface area (Å²) in [7, 11) is 0. The van der Waals surface area contributed by atoms with Crippen LogP contribution >= 0.6 is 11.8 Å². The van der Waals surface area contributed by atoms with E-state index in [0.29, 0.717) is 11.3 Å². The molecule has 4 heteroatoms. The lowest BCUT2D eigenvalue weighted by Gasteiger charge is -2.24. The van der Waals surface area contributed by atoms with Gasteiger partial charge in [0.25, 0.3) is 0 Å². The predicted octanol–water partition coefficient (Wildman–Crippen LogP) is 2.50. The molecule has 2 N–H and O–H groups in total. The molecule has 1 saturated carbocycles. The zero-order chi connectivity index (χ0) is 12.0. The van der Waals surface area contributed by atoms with Crippen molar-refractivity contribution >= 4 is 17.7 Å². The van der Waals surface area contributed by atoms with Gasteiger partial charge < -0.3 is 10.4 Å². The summed E-state index contributed by atoms with van der Waals surface area (Å²) in [6.07, 6.45) is 5.24. The highest BCUT2D eigenvalue weighted by molar-refractivity contribution is 7.99. The van der Waals surface area contributed by atoms with Gasteiger partial charge >= 0.3 is 5.97 Å². The van der Waals surface area contributed by atoms with Gasteiger partial charge in [0.1, 0.15) is 6.04 Å². The Labute approximate surface area is 102 Å². The Hall–Kier alpha value is -0.220. The van der Waals surface area contributed by atoms with Crippen molar-refractivity contribution in [2.45, 2.75) is 63.3 Å². The highest BCUT2D eigenvalue weighted by atomic mass is 32.2. The summed E-state index contributed by atoms with van der Waals surface area (Å²) in [4.78, 5) is 11.1. The van der Waals surface area contributed by atoms with E-state index in [1.807, 2.05) is 18.7 Å². The molecule has 0 spiro atoms. The number of hydrogen-bond donors (Lipinski definition) is 2. The second-order valence-electron chi connectivity index (χ2n) is 4.38. The lowest BCUT2D eigenvalue weighted by molar-refractivity contribution is -0.139. The molecule has 0 aromatic carbocycles. The van der Waals surface area contributed by atoms with E-state index in [-0.39, 0.29) is 6.04 Å². The maximum atomic E-state index is 11.1. The molecule has 1 fully saturated rings. The van der Waals surface area contributed by atoms with Gasteiger partial charge in [-0.3, -0.25) is 4.79 Å². The van der Waals surface area contributed by atoms with Crippen LogP contribution in [0.5, 0.6) is 0 Å². The van der Waals surface area contributed by atoms with Crippen molar-refractivity contribution in [3.8, 4) is 0 Å². The maximum Gasteiger partial charge on any atom is 0.320 e. The Morgan fingerprint density at radius 3 is 2.81 bits per heavy atom. The standard InChI is InChI=1S/C12H23NO2S/c1-3-6-10(12(14)15)13-9-7-5-8-11(9)16-4-2/h9-11,13H,3-8H2,1-2H3,(H,14,15). The lowest BCUT2D eigenvalue weighted by Crippen LogP contribution is -2.45. The van der Waals surface area contributed by atoms with Gasteiger partial charge in [-0.15, -0.1) is 0 Å². The summed E-state index contributed by atoms with van der Waals surface area (Å²) in [5.74, 6) is 0.419. The van der Waals surface area contributed by atoms with E-state index in [2.05, 4.69) is 12.2 Å². The van der Waals surface area contributed by atoms with Crippen molar-refractivity contribution in [2.75, 3.05) is 5.75 Å². The summed E-state index contributed by atoms with van der Waals surface area (Å²) in [5, 5.41) is 13.1. The quantitative estimate of drug-likeness (QED) is 0.723. The minimum atomic E-state index is -0.700. The van der Waals surface area contributed by atoms with Crippen LogP contribution in [0, 0.1) is 0 Å². The minimum absolute atomic E-state index is 0.354. The Balaban J connectivity index is 2.46. The first-order chi connectivity index (χ1) is 7.69. The molecule has 3 unspecified atom stereocenters. The normalized spacial score (nSPS) is 26.9. The van der Waals surface area contributed by atoms with Crippen molar-refractivity contribution in [3.05, 3.63) is 0 Å². The summed E-state index contributed by atoms with van der Waals surface area (Å²) < 4.78 is 0. The van der Waals surface area contributed by atoms with Crippen LogP contribution < -0.4 is 5.32 Å². The van der Waals surface area contributed by atoms with Gasteiger partial charge in [0, 0.05) is 11.3 Å². The number of rotatable bonds is 7. The van der Waals surface area contributed by atoms with Crippen molar-refractivity contribution in [2.24, 2.45) is 0 Å². The van der Waals surface area contributed by atoms with E-state index in [9.17, 15) is 4.79 Å². The van der Waals surface area contributed by atoms with Crippen molar-refractivity contribution in [1.29, 1.82) is 0 Å². The number of thioether (sulfide) groups is 1. The van der Waals surface area contributed by atoms with Crippen LogP contribution in [-0.2, 0) is 4.79 Å². The summed E-state index contributed by atoms with van der Waals surface area (Å²) in [5.41, 5.74) is 0. The maximum absolute atomic E-state index is 11.1. The highest BCUT2D eigenvalue weighted by Gasteiger charge is 2.30.